The van der Waals surface area contributed by atoms with E-state index in [0.717, 1.165) is 5.01 Å². The zero-order chi connectivity index (χ0) is 15.3. The molecular weight excluding hydrogens is 307 g/mol. The van der Waals surface area contributed by atoms with Crippen molar-refractivity contribution in [1.29, 1.82) is 0 Å². The maximum absolute atomic E-state index is 11.8. The zero-order valence-electron chi connectivity index (χ0n) is 11.1. The van der Waals surface area contributed by atoms with Gasteiger partial charge in [-0.3, -0.25) is 5.01 Å². The third-order valence-corrected chi connectivity index (χ3v) is 3.61. The molecule has 0 aromatic carbocycles. The van der Waals surface area contributed by atoms with E-state index in [1.54, 1.807) is 6.92 Å². The van der Waals surface area contributed by atoms with Crippen LogP contribution in [0.15, 0.2) is 27.5 Å². The number of nitrogens with zero attached hydrogens (tertiary/aromatic N) is 2. The molecule has 20 heavy (non-hydrogen) atoms. The molecule has 0 aromatic heterocycles. The van der Waals surface area contributed by atoms with Crippen molar-refractivity contribution in [3.8, 4) is 0 Å². The number of allylic oxidation sites excluding steroid dienone is 3. The summed E-state index contributed by atoms with van der Waals surface area (Å²) in [7, 11) is 1.39. The summed E-state index contributed by atoms with van der Waals surface area (Å²) in [4.78, 5) is 16.4. The summed E-state index contributed by atoms with van der Waals surface area (Å²) < 4.78 is 0. The fraction of sp³-hybridized carbons (Fsp3) is 0.455. The first-order valence-electron chi connectivity index (χ1n) is 5.69. The number of urea groups is 1. The van der Waals surface area contributed by atoms with Gasteiger partial charge >= 0.3 is 6.03 Å². The minimum Gasteiger partial charge on any atom is -0.399 e. The highest BCUT2D eigenvalue weighted by Gasteiger charge is 2.26. The number of nitrogens with two attached hydrogens (primary N) is 1. The van der Waals surface area contributed by atoms with E-state index in [9.17, 15) is 4.79 Å². The van der Waals surface area contributed by atoms with E-state index in [1.165, 1.54) is 13.2 Å². The molecule has 0 radical (unpaired) electrons. The maximum Gasteiger partial charge on any atom is 0.336 e. The average molecular weight is 323 g/mol. The number of hydrogen-bond donors (Lipinski definition) is 3. The summed E-state index contributed by atoms with van der Waals surface area (Å²) in [5.74, 6) is 5.44. The predicted molar refractivity (Wildman–Crippen MR) is 77.2 cm³/mol. The molecule has 4 N–H and O–H groups in total. The lowest BCUT2D eigenvalue weighted by molar-refractivity contribution is 0.181. The number of amides is 2. The molecule has 0 bridgehead atoms. The zero-order valence-corrected chi connectivity index (χ0v) is 12.6. The molecular formula is C11H16Cl2N4O3. The van der Waals surface area contributed by atoms with Gasteiger partial charge < -0.3 is 15.3 Å². The molecule has 0 aliphatic heterocycles. The van der Waals surface area contributed by atoms with Gasteiger partial charge in [0.2, 0.25) is 0 Å². The van der Waals surface area contributed by atoms with Crippen LogP contribution < -0.4 is 11.2 Å². The van der Waals surface area contributed by atoms with Gasteiger partial charge in [0.1, 0.15) is 18.2 Å². The number of nitrogens with one attached hydrogen (secondary N) is 1. The van der Waals surface area contributed by atoms with Gasteiger partial charge in [-0.1, -0.05) is 16.8 Å². The monoisotopic (exact) mass is 322 g/mol. The van der Waals surface area contributed by atoms with Gasteiger partial charge in [0.15, 0.2) is 0 Å². The summed E-state index contributed by atoms with van der Waals surface area (Å²) in [6, 6.07) is -0.610. The molecule has 0 spiro atoms. The molecule has 1 aliphatic carbocycles. The Bertz CT molecular complexity index is 476. The molecule has 0 fully saturated rings. The number of rotatable bonds is 4. The largest absolute Gasteiger partial charge is 0.399 e. The maximum atomic E-state index is 11.8. The molecule has 0 saturated carbocycles. The molecule has 0 saturated heterocycles. The van der Waals surface area contributed by atoms with Gasteiger partial charge in [-0.15, -0.1) is 11.6 Å². The molecule has 112 valence electrons. The molecule has 1 aliphatic rings. The SMILES string of the molecule is CON=C1C=C(NC(=O)N(N)CCO)C(Cl)=C(C)C1Cl. The smallest absolute Gasteiger partial charge is 0.336 e. The van der Waals surface area contributed by atoms with E-state index in [1.807, 2.05) is 0 Å². The van der Waals surface area contributed by atoms with Crippen molar-refractivity contribution in [1.82, 2.24) is 10.3 Å². The highest BCUT2D eigenvalue weighted by molar-refractivity contribution is 6.41. The third kappa shape index (κ3) is 3.86. The number of carbonyl (C=O) groups is 1. The van der Waals surface area contributed by atoms with Crippen LogP contribution in [0.3, 0.4) is 0 Å². The van der Waals surface area contributed by atoms with Crippen molar-refractivity contribution in [2.75, 3.05) is 20.3 Å². The first-order valence-corrected chi connectivity index (χ1v) is 6.51. The van der Waals surface area contributed by atoms with E-state index in [2.05, 4.69) is 15.3 Å². The van der Waals surface area contributed by atoms with Crippen LogP contribution in [0, 0.1) is 0 Å². The minimum absolute atomic E-state index is 0.00340. The van der Waals surface area contributed by atoms with Gasteiger partial charge in [0.05, 0.1) is 23.9 Å². The highest BCUT2D eigenvalue weighted by Crippen LogP contribution is 2.29. The quantitative estimate of drug-likeness (QED) is 0.309. The van der Waals surface area contributed by atoms with Crippen molar-refractivity contribution in [2.24, 2.45) is 11.0 Å². The van der Waals surface area contributed by atoms with Crippen LogP contribution >= 0.6 is 23.2 Å². The third-order valence-electron chi connectivity index (χ3n) is 2.55. The minimum atomic E-state index is -0.610. The Hall–Kier alpha value is -1.28. The molecule has 9 heteroatoms. The second-order valence-electron chi connectivity index (χ2n) is 3.96. The van der Waals surface area contributed by atoms with Crippen LogP contribution in [0.5, 0.6) is 0 Å². The van der Waals surface area contributed by atoms with Crippen molar-refractivity contribution < 1.29 is 14.7 Å². The highest BCUT2D eigenvalue weighted by atomic mass is 35.5. The molecule has 1 unspecified atom stereocenters. The summed E-state index contributed by atoms with van der Waals surface area (Å²) in [6.07, 6.45) is 1.50. The van der Waals surface area contributed by atoms with E-state index < -0.39 is 11.4 Å². The number of hydrogen-bond acceptors (Lipinski definition) is 5. The second kappa shape index (κ2) is 7.49. The van der Waals surface area contributed by atoms with Crippen LogP contribution in [0.4, 0.5) is 4.79 Å². The number of alkyl halides is 1. The summed E-state index contributed by atoms with van der Waals surface area (Å²) >= 11 is 12.3. The Morgan fingerprint density at radius 3 is 2.90 bits per heavy atom. The van der Waals surface area contributed by atoms with Crippen LogP contribution in [0.1, 0.15) is 6.92 Å². The lowest BCUT2D eigenvalue weighted by Gasteiger charge is -2.23. The first-order chi connectivity index (χ1) is 9.42. The van der Waals surface area contributed by atoms with Crippen molar-refractivity contribution in [3.63, 3.8) is 0 Å². The summed E-state index contributed by atoms with van der Waals surface area (Å²) in [6.45, 7) is 1.47. The predicted octanol–water partition coefficient (Wildman–Crippen LogP) is 0.884. The van der Waals surface area contributed by atoms with Crippen molar-refractivity contribution in [3.05, 3.63) is 22.4 Å². The van der Waals surface area contributed by atoms with E-state index >= 15 is 0 Å². The standard InChI is InChI=1S/C11H16Cl2N4O3/c1-6-9(12)7(5-8(10(6)13)16-20-2)15-11(19)17(14)3-4-18/h5,10,18H,3-4,14H2,1-2H3,(H,15,19). The van der Waals surface area contributed by atoms with Gasteiger partial charge in [0, 0.05) is 0 Å². The molecule has 0 heterocycles. The van der Waals surface area contributed by atoms with Crippen molar-refractivity contribution >= 4 is 34.9 Å². The average Bonchev–Trinajstić information content (AvgIpc) is 2.42. The fourth-order valence-electron chi connectivity index (χ4n) is 1.50. The first kappa shape index (κ1) is 16.8. The van der Waals surface area contributed by atoms with Crippen LogP contribution in [0.2, 0.25) is 0 Å². The summed E-state index contributed by atoms with van der Waals surface area (Å²) in [5.41, 5.74) is 1.36. The summed E-state index contributed by atoms with van der Waals surface area (Å²) in [5, 5.41) is 15.6. The number of oxime groups is 1. The number of aliphatic hydroxyl groups is 1. The normalized spacial score (nSPS) is 20.8. The van der Waals surface area contributed by atoms with E-state index in [4.69, 9.17) is 34.2 Å². The fourth-order valence-corrected chi connectivity index (χ4v) is 1.97. The van der Waals surface area contributed by atoms with E-state index in [0.29, 0.717) is 22.0 Å². The Morgan fingerprint density at radius 1 is 1.70 bits per heavy atom. The topological polar surface area (TPSA) is 100 Å². The molecule has 1 atom stereocenters. The number of hydrazine groups is 1. The molecule has 1 rings (SSSR count). The number of aliphatic hydroxyl groups excluding tert-OH is 1. The number of carbonyl (C=O) groups excluding carboxylic acids is 1. The number of halogens is 2. The van der Waals surface area contributed by atoms with Gasteiger partial charge in [0.25, 0.3) is 0 Å². The molecule has 0 aromatic rings. The van der Waals surface area contributed by atoms with Crippen molar-refractivity contribution in [2.45, 2.75) is 12.3 Å². The van der Waals surface area contributed by atoms with E-state index in [-0.39, 0.29) is 13.2 Å². The van der Waals surface area contributed by atoms with Crippen LogP contribution in [-0.4, -0.2) is 47.5 Å². The lowest BCUT2D eigenvalue weighted by Crippen LogP contribution is -2.46. The molecule has 7 nitrogen and oxygen atoms in total. The van der Waals surface area contributed by atoms with Gasteiger partial charge in [-0.25, -0.2) is 10.6 Å². The van der Waals surface area contributed by atoms with Crippen LogP contribution in [0.25, 0.3) is 0 Å². The Balaban J connectivity index is 2.95. The Kier molecular flexibility index (Phi) is 6.28. The van der Waals surface area contributed by atoms with Gasteiger partial charge in [-0.2, -0.15) is 0 Å². The lowest BCUT2D eigenvalue weighted by atomic mass is 10.0. The molecule has 2 amide bonds. The Morgan fingerprint density at radius 2 is 2.35 bits per heavy atom. The van der Waals surface area contributed by atoms with Crippen LogP contribution in [-0.2, 0) is 4.84 Å². The Labute approximate surface area is 126 Å². The van der Waals surface area contributed by atoms with Gasteiger partial charge in [-0.05, 0) is 18.6 Å². The second-order valence-corrected chi connectivity index (χ2v) is 4.78.